The summed E-state index contributed by atoms with van der Waals surface area (Å²) < 4.78 is 11.5. The zero-order valence-electron chi connectivity index (χ0n) is 14.9. The SMILES string of the molecule is CC(C)Oc1ncc(-c2cncc3cc(C=C4SC(=O)NC4=O)oc23)cc1Cl. The Morgan fingerprint density at radius 1 is 1.25 bits per heavy atom. The van der Waals surface area contributed by atoms with Crippen LogP contribution in [0.5, 0.6) is 5.88 Å². The predicted octanol–water partition coefficient (Wildman–Crippen LogP) is 4.65. The average molecular weight is 416 g/mol. The highest BCUT2D eigenvalue weighted by molar-refractivity contribution is 8.18. The Bertz CT molecular complexity index is 1140. The van der Waals surface area contributed by atoms with Gasteiger partial charge in [0.2, 0.25) is 5.88 Å². The van der Waals surface area contributed by atoms with Crippen LogP contribution in [-0.2, 0) is 4.79 Å². The Labute approximate surface area is 169 Å². The Morgan fingerprint density at radius 2 is 2.07 bits per heavy atom. The van der Waals surface area contributed by atoms with Crippen LogP contribution in [0.25, 0.3) is 28.2 Å². The van der Waals surface area contributed by atoms with Gasteiger partial charge in [-0.05, 0) is 37.7 Å². The molecule has 0 radical (unpaired) electrons. The number of furan rings is 1. The number of thioether (sulfide) groups is 1. The van der Waals surface area contributed by atoms with Crippen molar-refractivity contribution in [1.82, 2.24) is 15.3 Å². The molecule has 3 aromatic heterocycles. The van der Waals surface area contributed by atoms with Gasteiger partial charge in [0.05, 0.1) is 11.0 Å². The summed E-state index contributed by atoms with van der Waals surface area (Å²) in [5.74, 6) is 0.361. The fraction of sp³-hybridized carbons (Fsp3) is 0.158. The van der Waals surface area contributed by atoms with E-state index in [1.165, 1.54) is 6.08 Å². The highest BCUT2D eigenvalue weighted by Gasteiger charge is 2.25. The van der Waals surface area contributed by atoms with Crippen molar-refractivity contribution in [2.24, 2.45) is 0 Å². The fourth-order valence-electron chi connectivity index (χ4n) is 2.69. The number of carbonyl (C=O) groups is 2. The summed E-state index contributed by atoms with van der Waals surface area (Å²) in [5, 5.41) is 2.94. The number of hydrogen-bond donors (Lipinski definition) is 1. The van der Waals surface area contributed by atoms with Gasteiger partial charge in [0, 0.05) is 41.2 Å². The molecule has 2 amide bonds. The summed E-state index contributed by atoms with van der Waals surface area (Å²) >= 11 is 7.13. The van der Waals surface area contributed by atoms with Crippen LogP contribution < -0.4 is 10.1 Å². The summed E-state index contributed by atoms with van der Waals surface area (Å²) in [5.41, 5.74) is 2.00. The van der Waals surface area contributed by atoms with E-state index in [4.69, 9.17) is 20.8 Å². The van der Waals surface area contributed by atoms with Crippen molar-refractivity contribution >= 4 is 51.6 Å². The standard InChI is InChI=1S/C19H14ClN3O4S/c1-9(2)26-18-14(20)4-10(7-22-18)13-8-21-6-11-3-12(27-16(11)13)5-15-17(24)23-19(25)28-15/h3-9H,1-2H3,(H,23,24,25). The first-order valence-corrected chi connectivity index (χ1v) is 9.55. The third-order valence-corrected chi connectivity index (χ3v) is 4.90. The van der Waals surface area contributed by atoms with E-state index in [0.29, 0.717) is 27.8 Å². The first kappa shape index (κ1) is 18.5. The van der Waals surface area contributed by atoms with Crippen molar-refractivity contribution in [2.45, 2.75) is 20.0 Å². The molecule has 0 atom stereocenters. The second kappa shape index (κ2) is 7.29. The molecular formula is C19H14ClN3O4S. The molecule has 1 saturated heterocycles. The Kier molecular flexibility index (Phi) is 4.82. The van der Waals surface area contributed by atoms with Crippen LogP contribution in [0.15, 0.2) is 40.0 Å². The molecule has 0 saturated carbocycles. The monoisotopic (exact) mass is 415 g/mol. The van der Waals surface area contributed by atoms with Gasteiger partial charge in [-0.15, -0.1) is 0 Å². The maximum atomic E-state index is 11.7. The van der Waals surface area contributed by atoms with Crippen molar-refractivity contribution in [2.75, 3.05) is 0 Å². The highest BCUT2D eigenvalue weighted by Crippen LogP contribution is 2.35. The molecule has 0 bridgehead atoms. The molecule has 142 valence electrons. The van der Waals surface area contributed by atoms with Gasteiger partial charge in [0.25, 0.3) is 11.1 Å². The Balaban J connectivity index is 1.74. The first-order valence-electron chi connectivity index (χ1n) is 8.35. The number of ether oxygens (including phenoxy) is 1. The molecule has 28 heavy (non-hydrogen) atoms. The third-order valence-electron chi connectivity index (χ3n) is 3.82. The summed E-state index contributed by atoms with van der Waals surface area (Å²) in [6.07, 6.45) is 6.43. The lowest BCUT2D eigenvalue weighted by Crippen LogP contribution is -2.17. The number of rotatable bonds is 4. The molecule has 4 heterocycles. The summed E-state index contributed by atoms with van der Waals surface area (Å²) in [4.78, 5) is 31.8. The second-order valence-corrected chi connectivity index (χ2v) is 7.71. The molecule has 0 aliphatic carbocycles. The molecule has 3 aromatic rings. The number of nitrogens with zero attached hydrogens (tertiary/aromatic N) is 2. The van der Waals surface area contributed by atoms with E-state index in [1.54, 1.807) is 30.7 Å². The van der Waals surface area contributed by atoms with Crippen molar-refractivity contribution in [3.05, 3.63) is 46.4 Å². The van der Waals surface area contributed by atoms with Gasteiger partial charge in [-0.2, -0.15) is 0 Å². The van der Waals surface area contributed by atoms with Crippen molar-refractivity contribution in [3.63, 3.8) is 0 Å². The Hall–Kier alpha value is -2.84. The van der Waals surface area contributed by atoms with E-state index in [0.717, 1.165) is 22.7 Å². The van der Waals surface area contributed by atoms with Crippen molar-refractivity contribution < 1.29 is 18.7 Å². The molecule has 1 fully saturated rings. The first-order chi connectivity index (χ1) is 13.4. The molecule has 1 aliphatic heterocycles. The Morgan fingerprint density at radius 3 is 2.75 bits per heavy atom. The van der Waals surface area contributed by atoms with Crippen LogP contribution >= 0.6 is 23.4 Å². The van der Waals surface area contributed by atoms with Gasteiger partial charge in [-0.25, -0.2) is 4.98 Å². The van der Waals surface area contributed by atoms with E-state index in [-0.39, 0.29) is 11.0 Å². The number of carbonyl (C=O) groups excluding carboxylic acids is 2. The van der Waals surface area contributed by atoms with E-state index in [2.05, 4.69) is 15.3 Å². The van der Waals surface area contributed by atoms with E-state index < -0.39 is 11.1 Å². The van der Waals surface area contributed by atoms with E-state index in [9.17, 15) is 9.59 Å². The molecule has 9 heteroatoms. The quantitative estimate of drug-likeness (QED) is 0.619. The predicted molar refractivity (Wildman–Crippen MR) is 107 cm³/mol. The maximum Gasteiger partial charge on any atom is 0.290 e. The zero-order valence-corrected chi connectivity index (χ0v) is 16.4. The molecule has 1 N–H and O–H groups in total. The minimum Gasteiger partial charge on any atom is -0.474 e. The number of pyridine rings is 2. The molecule has 0 aromatic carbocycles. The number of hydrogen-bond acceptors (Lipinski definition) is 7. The van der Waals surface area contributed by atoms with Gasteiger partial charge in [0.15, 0.2) is 0 Å². The number of halogens is 1. The smallest absolute Gasteiger partial charge is 0.290 e. The number of fused-ring (bicyclic) bond motifs is 1. The maximum absolute atomic E-state index is 11.7. The van der Waals surface area contributed by atoms with Gasteiger partial charge in [0.1, 0.15) is 16.4 Å². The van der Waals surface area contributed by atoms with Crippen LogP contribution in [0, 0.1) is 0 Å². The lowest BCUT2D eigenvalue weighted by Gasteiger charge is -2.11. The molecule has 0 spiro atoms. The van der Waals surface area contributed by atoms with Gasteiger partial charge < -0.3 is 9.15 Å². The zero-order chi connectivity index (χ0) is 19.8. The second-order valence-electron chi connectivity index (χ2n) is 6.28. The lowest BCUT2D eigenvalue weighted by molar-refractivity contribution is -0.115. The topological polar surface area (TPSA) is 94.3 Å². The molecular weight excluding hydrogens is 402 g/mol. The number of nitrogens with one attached hydrogen (secondary N) is 1. The molecule has 1 aliphatic rings. The van der Waals surface area contributed by atoms with Crippen LogP contribution in [0.4, 0.5) is 4.79 Å². The van der Waals surface area contributed by atoms with Crippen molar-refractivity contribution in [3.8, 4) is 17.0 Å². The van der Waals surface area contributed by atoms with Crippen molar-refractivity contribution in [1.29, 1.82) is 0 Å². The van der Waals surface area contributed by atoms with Crippen LogP contribution in [0.3, 0.4) is 0 Å². The van der Waals surface area contributed by atoms with Crippen LogP contribution in [0.1, 0.15) is 19.6 Å². The summed E-state index contributed by atoms with van der Waals surface area (Å²) in [7, 11) is 0. The van der Waals surface area contributed by atoms with Gasteiger partial charge in [-0.1, -0.05) is 11.6 Å². The van der Waals surface area contributed by atoms with Gasteiger partial charge in [-0.3, -0.25) is 19.9 Å². The normalized spacial score (nSPS) is 15.6. The molecule has 7 nitrogen and oxygen atoms in total. The lowest BCUT2D eigenvalue weighted by atomic mass is 10.1. The summed E-state index contributed by atoms with van der Waals surface area (Å²) in [6.45, 7) is 3.79. The molecule has 4 rings (SSSR count). The third kappa shape index (κ3) is 3.61. The fourth-order valence-corrected chi connectivity index (χ4v) is 3.56. The van der Waals surface area contributed by atoms with Crippen LogP contribution in [0.2, 0.25) is 5.02 Å². The number of aromatic nitrogens is 2. The van der Waals surface area contributed by atoms with Gasteiger partial charge >= 0.3 is 0 Å². The van der Waals surface area contributed by atoms with E-state index >= 15 is 0 Å². The largest absolute Gasteiger partial charge is 0.474 e. The number of amides is 2. The minimum atomic E-state index is -0.439. The highest BCUT2D eigenvalue weighted by atomic mass is 35.5. The minimum absolute atomic E-state index is 0.0424. The summed E-state index contributed by atoms with van der Waals surface area (Å²) in [6, 6.07) is 3.49. The van der Waals surface area contributed by atoms with Crippen LogP contribution in [-0.4, -0.2) is 27.2 Å². The number of imide groups is 1. The molecule has 0 unspecified atom stereocenters. The van der Waals surface area contributed by atoms with E-state index in [1.807, 2.05) is 13.8 Å². The average Bonchev–Trinajstić information content (AvgIpc) is 3.18.